The van der Waals surface area contributed by atoms with Crippen molar-refractivity contribution in [2.45, 2.75) is 132 Å². The van der Waals surface area contributed by atoms with Crippen LogP contribution in [-0.2, 0) is 68.7 Å². The number of hydrogen-bond acceptors (Lipinski definition) is 17. The normalized spacial score (nSPS) is 15.8. The van der Waals surface area contributed by atoms with Crippen LogP contribution in [-0.4, -0.2) is 211 Å². The summed E-state index contributed by atoms with van der Waals surface area (Å²) in [5.74, 6) is -15.5. The Morgan fingerprint density at radius 1 is 0.699 bits per heavy atom. The molecule has 2 heterocycles. The minimum atomic E-state index is -1.95. The minimum absolute atomic E-state index is 0.000897. The maximum absolute atomic E-state index is 14.2. The lowest BCUT2D eigenvalue weighted by Gasteiger charge is -2.30. The van der Waals surface area contributed by atoms with Crippen molar-refractivity contribution in [1.82, 2.24) is 52.4 Å². The maximum atomic E-state index is 14.2. The Hall–Kier alpha value is -8.59. The van der Waals surface area contributed by atoms with Gasteiger partial charge in [-0.15, -0.1) is 0 Å². The van der Waals surface area contributed by atoms with Gasteiger partial charge in [-0.2, -0.15) is 11.8 Å². The topological polar surface area (TPSA) is 529 Å². The number of likely N-dealkylation sites (tertiary alicyclic amines) is 1. The van der Waals surface area contributed by atoms with Crippen molar-refractivity contribution in [2.75, 3.05) is 38.2 Å². The van der Waals surface area contributed by atoms with Gasteiger partial charge in [0.25, 0.3) is 0 Å². The minimum Gasteiger partial charge on any atom is -0.481 e. The second kappa shape index (κ2) is 34.0. The summed E-state index contributed by atoms with van der Waals surface area (Å²) >= 11 is 1.32. The molecule has 0 radical (unpaired) electrons. The number of nitrogens with zero attached hydrogens (tertiary/aromatic N) is 2. The molecule has 1 fully saturated rings. The van der Waals surface area contributed by atoms with Crippen molar-refractivity contribution in [3.63, 3.8) is 0 Å². The lowest BCUT2D eigenvalue weighted by atomic mass is 10.0. The summed E-state index contributed by atoms with van der Waals surface area (Å²) in [5, 5.41) is 67.6. The molecule has 3 rings (SSSR count). The number of benzene rings is 1. The molecule has 9 atom stereocenters. The van der Waals surface area contributed by atoms with Gasteiger partial charge in [-0.3, -0.25) is 62.5 Å². The number of carbonyl (C=O) groups excluding carboxylic acids is 9. The third-order valence-electron chi connectivity index (χ3n) is 12.7. The third kappa shape index (κ3) is 23.1. The van der Waals surface area contributed by atoms with E-state index in [-0.39, 0.29) is 69.9 Å². The van der Waals surface area contributed by atoms with Gasteiger partial charge in [-0.25, -0.2) is 4.79 Å². The number of guanidine groups is 1. The number of aliphatic carboxylic acids is 4. The van der Waals surface area contributed by atoms with E-state index in [1.165, 1.54) is 11.8 Å². The molecule has 0 aliphatic carbocycles. The second-order valence-corrected chi connectivity index (χ2v) is 20.7. The number of nitrogens with one attached hydrogen (secondary N) is 9. The fraction of sp³-hybridized carbons (Fsp3) is 0.560. The van der Waals surface area contributed by atoms with Gasteiger partial charge in [0.15, 0.2) is 5.96 Å². The van der Waals surface area contributed by atoms with E-state index < -0.39 is 164 Å². The molecule has 0 saturated carbocycles. The molecule has 0 unspecified atom stereocenters. The van der Waals surface area contributed by atoms with Crippen molar-refractivity contribution in [2.24, 2.45) is 28.1 Å². The second-order valence-electron chi connectivity index (χ2n) is 19.7. The molecule has 1 aliphatic rings. The number of thioether (sulfide) groups is 1. The molecule has 1 saturated heterocycles. The molecule has 1 aromatic heterocycles. The van der Waals surface area contributed by atoms with E-state index in [0.29, 0.717) is 22.2 Å². The first-order chi connectivity index (χ1) is 39.1. The van der Waals surface area contributed by atoms with Crippen LogP contribution in [0, 0.1) is 5.92 Å². The number of hydrogen-bond donors (Lipinski definition) is 17. The van der Waals surface area contributed by atoms with Gasteiger partial charge in [0.05, 0.1) is 38.5 Å². The van der Waals surface area contributed by atoms with Crippen molar-refractivity contribution in [3.05, 3.63) is 36.0 Å². The Kier molecular flexibility index (Phi) is 28.1. The number of aromatic amines is 1. The number of H-pyrrole nitrogens is 1. The molecule has 32 nitrogen and oxygen atoms in total. The summed E-state index contributed by atoms with van der Waals surface area (Å²) in [7, 11) is 0. The standard InChI is InChI=1S/C50H74N14O18S/c1-24(2)16-31(61-47(79)36-11-7-14-64(36)48(80)34(20-40(71)72)62-45(77)33(19-39(69)70)59-41(73)27(51)18-38(67)68)42(74)56-22-37(66)57-29(12-15-83-3)43(75)60-32(17-25-21-55-28-9-5-4-8-26(25)28)44(76)63-35(23-65)46(78)58-30(49(81)82)10-6-13-54-50(52)53/h4-5,8-9,21,24,27,29-36,55,65H,6-7,10-20,22-23,51H2,1-3H3,(H,56,74)(H,57,66)(H,58,78)(H,59,73)(H,60,75)(H,61,79)(H,62,77)(H,63,76)(H,67,68)(H,69,70)(H,71,72)(H,81,82)(H4,52,53,54)/t27-,29-,30-,31-,32-,33-,34-,35-,36-/m0/s1. The zero-order chi connectivity index (χ0) is 62.1. The number of aliphatic imine (C=N–C) groups is 1. The lowest BCUT2D eigenvalue weighted by molar-refractivity contribution is -0.147. The van der Waals surface area contributed by atoms with Crippen LogP contribution in [0.25, 0.3) is 10.9 Å². The monoisotopic (exact) mass is 1190 g/mol. The summed E-state index contributed by atoms with van der Waals surface area (Å²) in [6.07, 6.45) is 0.290. The van der Waals surface area contributed by atoms with Crippen LogP contribution >= 0.6 is 11.8 Å². The Bertz CT molecular complexity index is 2700. The number of fused-ring (bicyclic) bond motifs is 1. The highest BCUT2D eigenvalue weighted by atomic mass is 32.2. The van der Waals surface area contributed by atoms with Gasteiger partial charge in [0.2, 0.25) is 53.2 Å². The van der Waals surface area contributed by atoms with Gasteiger partial charge in [-0.1, -0.05) is 32.0 Å². The molecule has 20 N–H and O–H groups in total. The third-order valence-corrected chi connectivity index (χ3v) is 13.4. The molecule has 1 aliphatic heterocycles. The molecule has 0 spiro atoms. The van der Waals surface area contributed by atoms with Gasteiger partial charge in [-0.05, 0) is 68.1 Å². The number of rotatable bonds is 36. The first-order valence-corrected chi connectivity index (χ1v) is 27.6. The average molecular weight is 1190 g/mol. The smallest absolute Gasteiger partial charge is 0.326 e. The van der Waals surface area contributed by atoms with E-state index in [1.54, 1.807) is 50.6 Å². The highest BCUT2D eigenvalue weighted by molar-refractivity contribution is 7.98. The zero-order valence-corrected chi connectivity index (χ0v) is 46.7. The number of aliphatic hydroxyl groups is 1. The van der Waals surface area contributed by atoms with E-state index in [2.05, 4.69) is 47.2 Å². The zero-order valence-electron chi connectivity index (χ0n) is 45.8. The molecule has 33 heteroatoms. The first-order valence-electron chi connectivity index (χ1n) is 26.2. The SMILES string of the molecule is CSCC[C@H](NC(=O)CNC(=O)[C@H](CC(C)C)NC(=O)[C@@H]1CCCN1C(=O)[C@H](CC(=O)O)NC(=O)[C@H](CC(=O)O)NC(=O)[C@@H](N)CC(=O)O)C(=O)N[C@@H](Cc1c[nH]c2ccccc12)C(=O)N[C@@H](CO)C(=O)N[C@@H](CCCN=C(N)N)C(=O)O. The van der Waals surface area contributed by atoms with Crippen LogP contribution in [0.2, 0.25) is 0 Å². The van der Waals surface area contributed by atoms with Crippen molar-refractivity contribution < 1.29 is 87.9 Å². The van der Waals surface area contributed by atoms with Crippen molar-refractivity contribution in [3.8, 4) is 0 Å². The summed E-state index contributed by atoms with van der Waals surface area (Å²) in [6, 6.07) is -7.22. The molecular weight excluding hydrogens is 1120 g/mol. The van der Waals surface area contributed by atoms with E-state index >= 15 is 0 Å². The number of carbonyl (C=O) groups is 13. The Morgan fingerprint density at radius 2 is 1.28 bits per heavy atom. The number of carboxylic acids is 4. The molecule has 0 bridgehead atoms. The Balaban J connectivity index is 1.78. The molecular formula is C50H74N14O18S. The molecule has 458 valence electrons. The number of para-hydroxylation sites is 1. The average Bonchev–Trinajstić information content (AvgIpc) is 4.08. The van der Waals surface area contributed by atoms with Crippen LogP contribution in [0.1, 0.15) is 77.2 Å². The summed E-state index contributed by atoms with van der Waals surface area (Å²) in [4.78, 5) is 177. The number of carboxylic acid groups (broad SMARTS) is 4. The van der Waals surface area contributed by atoms with Gasteiger partial charge in [0, 0.05) is 36.6 Å². The van der Waals surface area contributed by atoms with Gasteiger partial charge < -0.3 is 95.2 Å². The number of aliphatic hydroxyl groups excluding tert-OH is 1. The quantitative estimate of drug-likeness (QED) is 0.0172. The first kappa shape index (κ1) is 68.7. The molecule has 83 heavy (non-hydrogen) atoms. The summed E-state index contributed by atoms with van der Waals surface area (Å²) in [5.41, 5.74) is 17.4. The van der Waals surface area contributed by atoms with Crippen LogP contribution in [0.4, 0.5) is 0 Å². The lowest BCUT2D eigenvalue weighted by Crippen LogP contribution is -2.60. The van der Waals surface area contributed by atoms with E-state index in [9.17, 15) is 82.8 Å². The Morgan fingerprint density at radius 3 is 1.89 bits per heavy atom. The fourth-order valence-corrected chi connectivity index (χ4v) is 9.08. The van der Waals surface area contributed by atoms with E-state index in [4.69, 9.17) is 22.3 Å². The number of amides is 9. The summed E-state index contributed by atoms with van der Waals surface area (Å²) < 4.78 is 0. The summed E-state index contributed by atoms with van der Waals surface area (Å²) in [6.45, 7) is 1.63. The van der Waals surface area contributed by atoms with Crippen LogP contribution in [0.3, 0.4) is 0 Å². The maximum Gasteiger partial charge on any atom is 0.326 e. The molecule has 1 aromatic carbocycles. The highest BCUT2D eigenvalue weighted by Gasteiger charge is 2.41. The predicted octanol–water partition coefficient (Wildman–Crippen LogP) is -5.11. The predicted molar refractivity (Wildman–Crippen MR) is 295 cm³/mol. The number of aromatic nitrogens is 1. The number of nitrogens with two attached hydrogens (primary N) is 3. The van der Waals surface area contributed by atoms with Crippen LogP contribution in [0.5, 0.6) is 0 Å². The molecule has 9 amide bonds. The van der Waals surface area contributed by atoms with Crippen molar-refractivity contribution >= 4 is 106 Å². The van der Waals surface area contributed by atoms with Crippen LogP contribution in [0.15, 0.2) is 35.5 Å². The van der Waals surface area contributed by atoms with Gasteiger partial charge >= 0.3 is 23.9 Å². The largest absolute Gasteiger partial charge is 0.481 e. The van der Waals surface area contributed by atoms with Crippen molar-refractivity contribution in [1.29, 1.82) is 0 Å². The molecule has 2 aromatic rings. The van der Waals surface area contributed by atoms with Crippen LogP contribution < -0.4 is 59.7 Å². The van der Waals surface area contributed by atoms with Gasteiger partial charge in [0.1, 0.15) is 48.3 Å². The fourth-order valence-electron chi connectivity index (χ4n) is 8.61. The van der Waals surface area contributed by atoms with E-state index in [0.717, 1.165) is 4.90 Å². The van der Waals surface area contributed by atoms with E-state index in [1.807, 2.05) is 5.32 Å². The Labute approximate surface area is 479 Å². The highest BCUT2D eigenvalue weighted by Crippen LogP contribution is 2.22.